The standard InChI is InChI=1S/C11H14ClN3O/c1-3-4-5-6-7-13-10-9(12)8-14-11(15-10)16-2/h1,8H,4-7H2,2H3,(H,13,14,15). The summed E-state index contributed by atoms with van der Waals surface area (Å²) < 4.78 is 4.91. The van der Waals surface area contributed by atoms with E-state index in [1.807, 2.05) is 0 Å². The number of nitrogens with one attached hydrogen (secondary N) is 1. The highest BCUT2D eigenvalue weighted by atomic mass is 35.5. The summed E-state index contributed by atoms with van der Waals surface area (Å²) in [6.45, 7) is 0.779. The van der Waals surface area contributed by atoms with Gasteiger partial charge in [0.05, 0.1) is 13.3 Å². The first-order chi connectivity index (χ1) is 7.77. The van der Waals surface area contributed by atoms with Gasteiger partial charge in [-0.25, -0.2) is 4.98 Å². The average molecular weight is 240 g/mol. The Kier molecular flexibility index (Phi) is 5.44. The third-order valence-electron chi connectivity index (χ3n) is 1.94. The van der Waals surface area contributed by atoms with Crippen molar-refractivity contribution in [2.24, 2.45) is 0 Å². The number of halogens is 1. The van der Waals surface area contributed by atoms with Crippen molar-refractivity contribution in [2.75, 3.05) is 19.0 Å². The van der Waals surface area contributed by atoms with Gasteiger partial charge in [-0.05, 0) is 12.8 Å². The van der Waals surface area contributed by atoms with Gasteiger partial charge < -0.3 is 10.1 Å². The summed E-state index contributed by atoms with van der Waals surface area (Å²) in [7, 11) is 1.51. The first-order valence-electron chi connectivity index (χ1n) is 5.01. The second kappa shape index (κ2) is 6.91. The molecular formula is C11H14ClN3O. The Morgan fingerprint density at radius 3 is 3.06 bits per heavy atom. The molecule has 0 atom stereocenters. The lowest BCUT2D eigenvalue weighted by atomic mass is 10.2. The van der Waals surface area contributed by atoms with Gasteiger partial charge in [-0.15, -0.1) is 12.3 Å². The summed E-state index contributed by atoms with van der Waals surface area (Å²) >= 11 is 5.92. The molecule has 0 fully saturated rings. The van der Waals surface area contributed by atoms with Gasteiger partial charge >= 0.3 is 6.01 Å². The van der Waals surface area contributed by atoms with Crippen LogP contribution in [0.25, 0.3) is 0 Å². The molecule has 0 aliphatic carbocycles. The number of terminal acetylenes is 1. The lowest BCUT2D eigenvalue weighted by Crippen LogP contribution is -2.05. The molecule has 0 unspecified atom stereocenters. The third kappa shape index (κ3) is 3.95. The fraction of sp³-hybridized carbons (Fsp3) is 0.455. The van der Waals surface area contributed by atoms with Crippen molar-refractivity contribution in [1.29, 1.82) is 0 Å². The summed E-state index contributed by atoms with van der Waals surface area (Å²) in [5.41, 5.74) is 0. The molecule has 1 aromatic heterocycles. The summed E-state index contributed by atoms with van der Waals surface area (Å²) in [5.74, 6) is 3.19. The lowest BCUT2D eigenvalue weighted by Gasteiger charge is -2.07. The van der Waals surface area contributed by atoms with Gasteiger partial charge in [-0.1, -0.05) is 11.6 Å². The number of aromatic nitrogens is 2. The quantitative estimate of drug-likeness (QED) is 0.612. The molecule has 0 aromatic carbocycles. The van der Waals surface area contributed by atoms with E-state index in [4.69, 9.17) is 22.8 Å². The van der Waals surface area contributed by atoms with Crippen molar-refractivity contribution in [2.45, 2.75) is 19.3 Å². The number of hydrogen-bond acceptors (Lipinski definition) is 4. The minimum atomic E-state index is 0.301. The van der Waals surface area contributed by atoms with E-state index in [2.05, 4.69) is 21.2 Å². The fourth-order valence-corrected chi connectivity index (χ4v) is 1.29. The van der Waals surface area contributed by atoms with Crippen LogP contribution in [0.4, 0.5) is 5.82 Å². The highest BCUT2D eigenvalue weighted by Gasteiger charge is 2.04. The first kappa shape index (κ1) is 12.6. The summed E-state index contributed by atoms with van der Waals surface area (Å²) in [6, 6.07) is 0.301. The van der Waals surface area contributed by atoms with E-state index in [1.165, 1.54) is 13.3 Å². The van der Waals surface area contributed by atoms with Crippen LogP contribution in [0.5, 0.6) is 6.01 Å². The zero-order valence-corrected chi connectivity index (χ0v) is 9.92. The molecule has 86 valence electrons. The Balaban J connectivity index is 2.43. The van der Waals surface area contributed by atoms with E-state index >= 15 is 0 Å². The highest BCUT2D eigenvalue weighted by Crippen LogP contribution is 2.19. The Morgan fingerprint density at radius 1 is 1.56 bits per heavy atom. The van der Waals surface area contributed by atoms with Crippen LogP contribution in [0.2, 0.25) is 5.02 Å². The van der Waals surface area contributed by atoms with E-state index in [1.54, 1.807) is 0 Å². The maximum atomic E-state index is 5.92. The molecule has 0 saturated heterocycles. The van der Waals surface area contributed by atoms with Crippen molar-refractivity contribution in [3.8, 4) is 18.4 Å². The number of anilines is 1. The van der Waals surface area contributed by atoms with E-state index in [9.17, 15) is 0 Å². The first-order valence-corrected chi connectivity index (χ1v) is 5.39. The van der Waals surface area contributed by atoms with Crippen molar-refractivity contribution in [3.63, 3.8) is 0 Å². The minimum absolute atomic E-state index is 0.301. The Hall–Kier alpha value is -1.47. The maximum Gasteiger partial charge on any atom is 0.318 e. The lowest BCUT2D eigenvalue weighted by molar-refractivity contribution is 0.380. The Morgan fingerprint density at radius 2 is 2.38 bits per heavy atom. The smallest absolute Gasteiger partial charge is 0.318 e. The molecule has 0 aliphatic heterocycles. The predicted octanol–water partition coefficient (Wildman–Crippen LogP) is 2.35. The van der Waals surface area contributed by atoms with Crippen LogP contribution in [0.15, 0.2) is 6.20 Å². The van der Waals surface area contributed by atoms with Crippen molar-refractivity contribution in [3.05, 3.63) is 11.2 Å². The maximum absolute atomic E-state index is 5.92. The highest BCUT2D eigenvalue weighted by molar-refractivity contribution is 6.32. The van der Waals surface area contributed by atoms with Crippen LogP contribution < -0.4 is 10.1 Å². The third-order valence-corrected chi connectivity index (χ3v) is 2.22. The average Bonchev–Trinajstić information content (AvgIpc) is 2.31. The number of nitrogens with zero attached hydrogens (tertiary/aromatic N) is 2. The predicted molar refractivity (Wildman–Crippen MR) is 64.8 cm³/mol. The number of hydrogen-bond donors (Lipinski definition) is 1. The van der Waals surface area contributed by atoms with Crippen LogP contribution in [0.1, 0.15) is 19.3 Å². The van der Waals surface area contributed by atoms with Crippen LogP contribution in [0.3, 0.4) is 0 Å². The molecule has 4 nitrogen and oxygen atoms in total. The normalized spacial score (nSPS) is 9.56. The van der Waals surface area contributed by atoms with E-state index < -0.39 is 0 Å². The number of rotatable bonds is 6. The zero-order chi connectivity index (χ0) is 11.8. The fourth-order valence-electron chi connectivity index (χ4n) is 1.13. The van der Waals surface area contributed by atoms with Gasteiger partial charge in [-0.3, -0.25) is 0 Å². The zero-order valence-electron chi connectivity index (χ0n) is 9.16. The van der Waals surface area contributed by atoms with Gasteiger partial charge in [0.15, 0.2) is 5.82 Å². The molecule has 16 heavy (non-hydrogen) atoms. The van der Waals surface area contributed by atoms with Gasteiger partial charge in [0.1, 0.15) is 5.02 Å². The van der Waals surface area contributed by atoms with E-state index in [-0.39, 0.29) is 0 Å². The molecule has 1 aromatic rings. The van der Waals surface area contributed by atoms with Gasteiger partial charge in [0, 0.05) is 13.0 Å². The monoisotopic (exact) mass is 239 g/mol. The van der Waals surface area contributed by atoms with E-state index in [0.29, 0.717) is 16.9 Å². The molecule has 0 aliphatic rings. The SMILES string of the molecule is C#CCCCCNc1nc(OC)ncc1Cl. The molecule has 5 heteroatoms. The van der Waals surface area contributed by atoms with Crippen LogP contribution in [-0.2, 0) is 0 Å². The van der Waals surface area contributed by atoms with Crippen molar-refractivity contribution < 1.29 is 4.74 Å². The molecule has 1 heterocycles. The second-order valence-electron chi connectivity index (χ2n) is 3.14. The van der Waals surface area contributed by atoms with Crippen molar-refractivity contribution >= 4 is 17.4 Å². The number of ether oxygens (including phenoxy) is 1. The molecule has 0 amide bonds. The van der Waals surface area contributed by atoms with Crippen molar-refractivity contribution in [1.82, 2.24) is 9.97 Å². The summed E-state index contributed by atoms with van der Waals surface area (Å²) in [4.78, 5) is 7.98. The molecule has 0 spiro atoms. The van der Waals surface area contributed by atoms with Crippen LogP contribution >= 0.6 is 11.6 Å². The van der Waals surface area contributed by atoms with Gasteiger partial charge in [0.25, 0.3) is 0 Å². The molecule has 0 radical (unpaired) electrons. The Labute approximate surface area is 100 Å². The Bertz CT molecular complexity index is 376. The summed E-state index contributed by atoms with van der Waals surface area (Å²) in [6.07, 6.45) is 9.43. The van der Waals surface area contributed by atoms with E-state index in [0.717, 1.165) is 25.8 Å². The topological polar surface area (TPSA) is 47.0 Å². The van der Waals surface area contributed by atoms with Crippen LogP contribution in [0, 0.1) is 12.3 Å². The number of methoxy groups -OCH3 is 1. The molecule has 0 saturated carbocycles. The summed E-state index contributed by atoms with van der Waals surface area (Å²) in [5, 5.41) is 3.60. The van der Waals surface area contributed by atoms with Crippen LogP contribution in [-0.4, -0.2) is 23.6 Å². The molecule has 1 rings (SSSR count). The second-order valence-corrected chi connectivity index (χ2v) is 3.55. The largest absolute Gasteiger partial charge is 0.467 e. The number of unbranched alkanes of at least 4 members (excludes halogenated alkanes) is 2. The minimum Gasteiger partial charge on any atom is -0.467 e. The van der Waals surface area contributed by atoms with Gasteiger partial charge in [-0.2, -0.15) is 4.98 Å². The van der Waals surface area contributed by atoms with Gasteiger partial charge in [0.2, 0.25) is 0 Å². The molecule has 0 bridgehead atoms. The molecular weight excluding hydrogens is 226 g/mol. The molecule has 1 N–H and O–H groups in total.